The van der Waals surface area contributed by atoms with Crippen molar-refractivity contribution in [2.75, 3.05) is 11.9 Å². The van der Waals surface area contributed by atoms with E-state index in [9.17, 15) is 4.79 Å². The molecule has 2 rings (SSSR count). The van der Waals surface area contributed by atoms with Crippen LogP contribution >= 0.6 is 0 Å². The number of anilines is 1. The lowest BCUT2D eigenvalue weighted by Crippen LogP contribution is -2.11. The lowest BCUT2D eigenvalue weighted by atomic mass is 10.2. The molecule has 1 amide bonds. The number of oxazole rings is 1. The first-order valence-corrected chi connectivity index (χ1v) is 6.53. The van der Waals surface area contributed by atoms with E-state index in [1.165, 1.54) is 0 Å². The van der Waals surface area contributed by atoms with Crippen LogP contribution in [0.15, 0.2) is 22.6 Å². The van der Waals surface area contributed by atoms with E-state index in [4.69, 9.17) is 9.52 Å². The number of nitrogens with one attached hydrogen (secondary N) is 1. The number of carbonyl (C=O) groups excluding carboxylic acids is 1. The third-order valence-electron chi connectivity index (χ3n) is 2.83. The molecule has 2 aromatic rings. The molecule has 0 aliphatic carbocycles. The fraction of sp³-hybridized carbons (Fsp3) is 0.429. The van der Waals surface area contributed by atoms with Crippen molar-refractivity contribution in [1.82, 2.24) is 4.98 Å². The number of aliphatic hydroxyl groups excluding tert-OH is 1. The van der Waals surface area contributed by atoms with Gasteiger partial charge in [0.25, 0.3) is 0 Å². The molecule has 1 aromatic heterocycles. The van der Waals surface area contributed by atoms with Gasteiger partial charge in [0.1, 0.15) is 5.52 Å². The quantitative estimate of drug-likeness (QED) is 0.784. The molecule has 1 aromatic carbocycles. The van der Waals surface area contributed by atoms with Crippen LogP contribution in [0, 0.1) is 0 Å². The minimum Gasteiger partial charge on any atom is -0.441 e. The van der Waals surface area contributed by atoms with Crippen LogP contribution in [0.4, 0.5) is 5.69 Å². The number of hydrogen-bond donors (Lipinski definition) is 2. The predicted molar refractivity (Wildman–Crippen MR) is 73.0 cm³/mol. The molecule has 0 unspecified atom stereocenters. The molecular weight excluding hydrogens is 244 g/mol. The zero-order valence-corrected chi connectivity index (χ0v) is 11.0. The molecule has 1 heterocycles. The van der Waals surface area contributed by atoms with Gasteiger partial charge >= 0.3 is 0 Å². The standard InChI is InChI=1S/C14H18N2O3/c1-2-14-16-11-9-10(6-7-12(11)19-14)15-13(18)5-3-4-8-17/h6-7,9,17H,2-5,8H2,1H3,(H,15,18). The average Bonchev–Trinajstić information content (AvgIpc) is 2.81. The second-order valence-electron chi connectivity index (χ2n) is 4.37. The molecule has 0 atom stereocenters. The minimum absolute atomic E-state index is 0.0491. The molecule has 0 bridgehead atoms. The highest BCUT2D eigenvalue weighted by Crippen LogP contribution is 2.20. The van der Waals surface area contributed by atoms with Gasteiger partial charge in [0.15, 0.2) is 11.5 Å². The Labute approximate surface area is 111 Å². The first-order chi connectivity index (χ1) is 9.22. The van der Waals surface area contributed by atoms with Gasteiger partial charge in [-0.05, 0) is 31.0 Å². The number of carbonyl (C=O) groups is 1. The molecular formula is C14H18N2O3. The Hall–Kier alpha value is -1.88. The van der Waals surface area contributed by atoms with Crippen molar-refractivity contribution in [3.8, 4) is 0 Å². The second kappa shape index (κ2) is 6.33. The third kappa shape index (κ3) is 3.54. The van der Waals surface area contributed by atoms with Gasteiger partial charge in [-0.15, -0.1) is 0 Å². The maximum atomic E-state index is 11.6. The molecule has 5 nitrogen and oxygen atoms in total. The monoisotopic (exact) mass is 262 g/mol. The van der Waals surface area contributed by atoms with E-state index in [2.05, 4.69) is 10.3 Å². The molecule has 0 saturated heterocycles. The Morgan fingerprint density at radius 3 is 3.00 bits per heavy atom. The van der Waals surface area contributed by atoms with Crippen LogP contribution < -0.4 is 5.32 Å². The number of aliphatic hydroxyl groups is 1. The lowest BCUT2D eigenvalue weighted by Gasteiger charge is -2.04. The molecule has 102 valence electrons. The van der Waals surface area contributed by atoms with E-state index in [-0.39, 0.29) is 12.5 Å². The first-order valence-electron chi connectivity index (χ1n) is 6.53. The van der Waals surface area contributed by atoms with Crippen molar-refractivity contribution >= 4 is 22.7 Å². The van der Waals surface area contributed by atoms with Gasteiger partial charge < -0.3 is 14.8 Å². The molecule has 0 radical (unpaired) electrons. The number of nitrogens with zero attached hydrogens (tertiary/aromatic N) is 1. The number of unbranched alkanes of at least 4 members (excludes halogenated alkanes) is 1. The highest BCUT2D eigenvalue weighted by Gasteiger charge is 2.07. The van der Waals surface area contributed by atoms with Crippen molar-refractivity contribution in [3.63, 3.8) is 0 Å². The summed E-state index contributed by atoms with van der Waals surface area (Å²) in [6.07, 6.45) is 2.50. The molecule has 0 saturated carbocycles. The van der Waals surface area contributed by atoms with Crippen LogP contribution in [0.2, 0.25) is 0 Å². The van der Waals surface area contributed by atoms with Crippen LogP contribution in [-0.2, 0) is 11.2 Å². The number of aryl methyl sites for hydroxylation is 1. The largest absolute Gasteiger partial charge is 0.441 e. The molecule has 0 aliphatic rings. The molecule has 19 heavy (non-hydrogen) atoms. The zero-order chi connectivity index (χ0) is 13.7. The highest BCUT2D eigenvalue weighted by molar-refractivity contribution is 5.92. The Morgan fingerprint density at radius 1 is 1.42 bits per heavy atom. The molecule has 2 N–H and O–H groups in total. The first kappa shape index (κ1) is 13.5. The zero-order valence-electron chi connectivity index (χ0n) is 11.0. The van der Waals surface area contributed by atoms with Gasteiger partial charge in [0.2, 0.25) is 5.91 Å². The van der Waals surface area contributed by atoms with Gasteiger partial charge in [0, 0.05) is 25.1 Å². The van der Waals surface area contributed by atoms with Crippen LogP contribution in [-0.4, -0.2) is 22.6 Å². The number of rotatable bonds is 6. The molecule has 0 fully saturated rings. The number of fused-ring (bicyclic) bond motifs is 1. The van der Waals surface area contributed by atoms with Crippen molar-refractivity contribution in [3.05, 3.63) is 24.1 Å². The maximum Gasteiger partial charge on any atom is 0.224 e. The van der Waals surface area contributed by atoms with Crippen molar-refractivity contribution < 1.29 is 14.3 Å². The maximum absolute atomic E-state index is 11.6. The topological polar surface area (TPSA) is 75.4 Å². The van der Waals surface area contributed by atoms with Gasteiger partial charge in [-0.1, -0.05) is 6.92 Å². The van der Waals surface area contributed by atoms with E-state index < -0.39 is 0 Å². The average molecular weight is 262 g/mol. The smallest absolute Gasteiger partial charge is 0.224 e. The number of benzene rings is 1. The fourth-order valence-corrected chi connectivity index (χ4v) is 1.82. The normalized spacial score (nSPS) is 10.8. The van der Waals surface area contributed by atoms with Crippen LogP contribution in [0.25, 0.3) is 11.1 Å². The third-order valence-corrected chi connectivity index (χ3v) is 2.83. The highest BCUT2D eigenvalue weighted by atomic mass is 16.3. The van der Waals surface area contributed by atoms with E-state index in [1.54, 1.807) is 6.07 Å². The summed E-state index contributed by atoms with van der Waals surface area (Å²) in [7, 11) is 0. The fourth-order valence-electron chi connectivity index (χ4n) is 1.82. The van der Waals surface area contributed by atoms with E-state index in [1.807, 2.05) is 19.1 Å². The van der Waals surface area contributed by atoms with Crippen molar-refractivity contribution in [2.45, 2.75) is 32.6 Å². The number of hydrogen-bond acceptors (Lipinski definition) is 4. The van der Waals surface area contributed by atoms with E-state index in [0.29, 0.717) is 25.2 Å². The Balaban J connectivity index is 2.02. The van der Waals surface area contributed by atoms with Gasteiger partial charge in [-0.3, -0.25) is 4.79 Å². The summed E-state index contributed by atoms with van der Waals surface area (Å²) in [5.41, 5.74) is 2.21. The second-order valence-corrected chi connectivity index (χ2v) is 4.37. The molecule has 5 heteroatoms. The minimum atomic E-state index is -0.0491. The van der Waals surface area contributed by atoms with Crippen LogP contribution in [0.1, 0.15) is 32.1 Å². The summed E-state index contributed by atoms with van der Waals surface area (Å²) in [5, 5.41) is 11.5. The molecule has 0 spiro atoms. The molecule has 0 aliphatic heterocycles. The summed E-state index contributed by atoms with van der Waals surface area (Å²) in [6, 6.07) is 5.42. The SMILES string of the molecule is CCc1nc2cc(NC(=O)CCCCO)ccc2o1. The summed E-state index contributed by atoms with van der Waals surface area (Å²) in [4.78, 5) is 16.0. The van der Waals surface area contributed by atoms with Crippen molar-refractivity contribution in [2.24, 2.45) is 0 Å². The lowest BCUT2D eigenvalue weighted by molar-refractivity contribution is -0.116. The Bertz CT molecular complexity index is 563. The Kier molecular flexibility index (Phi) is 4.52. The van der Waals surface area contributed by atoms with E-state index in [0.717, 1.165) is 23.2 Å². The summed E-state index contributed by atoms with van der Waals surface area (Å²) >= 11 is 0. The number of aromatic nitrogens is 1. The summed E-state index contributed by atoms with van der Waals surface area (Å²) < 4.78 is 5.51. The Morgan fingerprint density at radius 2 is 2.26 bits per heavy atom. The number of amides is 1. The van der Waals surface area contributed by atoms with E-state index >= 15 is 0 Å². The van der Waals surface area contributed by atoms with Crippen LogP contribution in [0.3, 0.4) is 0 Å². The van der Waals surface area contributed by atoms with Crippen LogP contribution in [0.5, 0.6) is 0 Å². The van der Waals surface area contributed by atoms with Gasteiger partial charge in [0.05, 0.1) is 0 Å². The van der Waals surface area contributed by atoms with Gasteiger partial charge in [-0.25, -0.2) is 4.98 Å². The van der Waals surface area contributed by atoms with Crippen molar-refractivity contribution in [1.29, 1.82) is 0 Å². The summed E-state index contributed by atoms with van der Waals surface area (Å²) in [5.74, 6) is 0.647. The predicted octanol–water partition coefficient (Wildman–Crippen LogP) is 2.49. The van der Waals surface area contributed by atoms with Gasteiger partial charge in [-0.2, -0.15) is 0 Å². The summed E-state index contributed by atoms with van der Waals surface area (Å²) in [6.45, 7) is 2.10.